The quantitative estimate of drug-likeness (QED) is 0.664. The SMILES string of the molecule is CCCC(C)CC(=O)C1=CCC(C)CC1. The maximum Gasteiger partial charge on any atom is 0.158 e. The second kappa shape index (κ2) is 6.09. The summed E-state index contributed by atoms with van der Waals surface area (Å²) in [6.45, 7) is 6.63. The number of carbonyl (C=O) groups is 1. The molecule has 0 fully saturated rings. The van der Waals surface area contributed by atoms with Crippen LogP contribution in [0, 0.1) is 11.8 Å². The van der Waals surface area contributed by atoms with Crippen LogP contribution in [0.4, 0.5) is 0 Å². The number of Topliss-reactive ketones (excluding diaryl/α,β-unsaturated/α-hetero) is 1. The van der Waals surface area contributed by atoms with Gasteiger partial charge in [-0.15, -0.1) is 0 Å². The molecule has 0 aliphatic heterocycles. The van der Waals surface area contributed by atoms with Crippen molar-refractivity contribution in [3.63, 3.8) is 0 Å². The smallest absolute Gasteiger partial charge is 0.158 e. The van der Waals surface area contributed by atoms with Gasteiger partial charge in [0, 0.05) is 6.42 Å². The molecule has 0 aromatic rings. The molecule has 1 heteroatoms. The van der Waals surface area contributed by atoms with Crippen LogP contribution >= 0.6 is 0 Å². The van der Waals surface area contributed by atoms with Gasteiger partial charge in [0.25, 0.3) is 0 Å². The molecule has 86 valence electrons. The molecule has 1 rings (SSSR count). The fourth-order valence-electron chi connectivity index (χ4n) is 2.26. The van der Waals surface area contributed by atoms with E-state index in [0.29, 0.717) is 11.7 Å². The standard InChI is InChI=1S/C14H24O/c1-4-5-12(3)10-14(15)13-8-6-11(2)7-9-13/h8,11-12H,4-7,9-10H2,1-3H3. The van der Waals surface area contributed by atoms with Gasteiger partial charge in [0.05, 0.1) is 0 Å². The van der Waals surface area contributed by atoms with Crippen LogP contribution in [0.2, 0.25) is 0 Å². The summed E-state index contributed by atoms with van der Waals surface area (Å²) in [6, 6.07) is 0. The molecule has 15 heavy (non-hydrogen) atoms. The van der Waals surface area contributed by atoms with E-state index >= 15 is 0 Å². The molecule has 0 spiro atoms. The first-order valence-corrected chi connectivity index (χ1v) is 6.35. The number of ketones is 1. The Bertz CT molecular complexity index is 240. The van der Waals surface area contributed by atoms with Gasteiger partial charge in [0.2, 0.25) is 0 Å². The topological polar surface area (TPSA) is 17.1 Å². The predicted octanol–water partition coefficient (Wildman–Crippen LogP) is 4.13. The lowest BCUT2D eigenvalue weighted by atomic mass is 9.86. The zero-order chi connectivity index (χ0) is 11.3. The molecule has 1 aliphatic carbocycles. The highest BCUT2D eigenvalue weighted by Crippen LogP contribution is 2.25. The van der Waals surface area contributed by atoms with Crippen molar-refractivity contribution in [2.75, 3.05) is 0 Å². The van der Waals surface area contributed by atoms with Gasteiger partial charge < -0.3 is 0 Å². The van der Waals surface area contributed by atoms with E-state index in [1.54, 1.807) is 0 Å². The van der Waals surface area contributed by atoms with Crippen LogP contribution in [0.25, 0.3) is 0 Å². The summed E-state index contributed by atoms with van der Waals surface area (Å²) < 4.78 is 0. The lowest BCUT2D eigenvalue weighted by Crippen LogP contribution is -2.12. The van der Waals surface area contributed by atoms with Crippen LogP contribution in [0.15, 0.2) is 11.6 Å². The second-order valence-electron chi connectivity index (χ2n) is 5.13. The minimum absolute atomic E-state index is 0.405. The molecule has 1 aliphatic rings. The van der Waals surface area contributed by atoms with E-state index in [4.69, 9.17) is 0 Å². The maximum atomic E-state index is 11.9. The zero-order valence-electron chi connectivity index (χ0n) is 10.4. The molecule has 0 N–H and O–H groups in total. The van der Waals surface area contributed by atoms with Crippen molar-refractivity contribution < 1.29 is 4.79 Å². The third kappa shape index (κ3) is 4.19. The average molecular weight is 208 g/mol. The van der Waals surface area contributed by atoms with E-state index in [9.17, 15) is 4.79 Å². The Morgan fingerprint density at radius 3 is 2.87 bits per heavy atom. The van der Waals surface area contributed by atoms with Crippen molar-refractivity contribution in [1.29, 1.82) is 0 Å². The number of hydrogen-bond donors (Lipinski definition) is 0. The highest BCUT2D eigenvalue weighted by Gasteiger charge is 2.17. The lowest BCUT2D eigenvalue weighted by Gasteiger charge is -2.18. The first-order chi connectivity index (χ1) is 7.13. The molecule has 2 unspecified atom stereocenters. The highest BCUT2D eigenvalue weighted by atomic mass is 16.1. The van der Waals surface area contributed by atoms with Gasteiger partial charge in [-0.25, -0.2) is 0 Å². The molecule has 0 aromatic carbocycles. The Kier molecular flexibility index (Phi) is 5.07. The van der Waals surface area contributed by atoms with Gasteiger partial charge in [-0.05, 0) is 36.7 Å². The fourth-order valence-corrected chi connectivity index (χ4v) is 2.26. The minimum atomic E-state index is 0.405. The monoisotopic (exact) mass is 208 g/mol. The third-order valence-corrected chi connectivity index (χ3v) is 3.35. The van der Waals surface area contributed by atoms with E-state index < -0.39 is 0 Å². The van der Waals surface area contributed by atoms with Crippen LogP contribution in [0.1, 0.15) is 59.3 Å². The molecule has 1 nitrogen and oxygen atoms in total. The van der Waals surface area contributed by atoms with Crippen LogP contribution in [0.5, 0.6) is 0 Å². The Morgan fingerprint density at radius 1 is 1.60 bits per heavy atom. The molecular formula is C14H24O. The van der Waals surface area contributed by atoms with Crippen molar-refractivity contribution >= 4 is 5.78 Å². The fraction of sp³-hybridized carbons (Fsp3) is 0.786. The molecular weight excluding hydrogens is 184 g/mol. The third-order valence-electron chi connectivity index (χ3n) is 3.35. The summed E-state index contributed by atoms with van der Waals surface area (Å²) in [5.74, 6) is 1.74. The number of carbonyl (C=O) groups excluding carboxylic acids is 1. The first kappa shape index (κ1) is 12.5. The Hall–Kier alpha value is -0.590. The number of allylic oxidation sites excluding steroid dienone is 2. The van der Waals surface area contributed by atoms with E-state index in [2.05, 4.69) is 26.8 Å². The minimum Gasteiger partial charge on any atom is -0.295 e. The normalized spacial score (nSPS) is 23.4. The van der Waals surface area contributed by atoms with Crippen molar-refractivity contribution in [3.8, 4) is 0 Å². The van der Waals surface area contributed by atoms with Gasteiger partial charge in [-0.1, -0.05) is 39.7 Å². The predicted molar refractivity (Wildman–Crippen MR) is 64.8 cm³/mol. The Labute approximate surface area is 93.9 Å². The van der Waals surface area contributed by atoms with Crippen molar-refractivity contribution in [1.82, 2.24) is 0 Å². The molecule has 2 atom stereocenters. The van der Waals surface area contributed by atoms with Gasteiger partial charge in [0.15, 0.2) is 5.78 Å². The van der Waals surface area contributed by atoms with E-state index in [1.807, 2.05) is 0 Å². The molecule has 0 heterocycles. The van der Waals surface area contributed by atoms with Gasteiger partial charge >= 0.3 is 0 Å². The average Bonchev–Trinajstić information content (AvgIpc) is 2.18. The largest absolute Gasteiger partial charge is 0.295 e. The Balaban J connectivity index is 2.40. The maximum absolute atomic E-state index is 11.9. The molecule has 0 aromatic heterocycles. The first-order valence-electron chi connectivity index (χ1n) is 6.35. The van der Waals surface area contributed by atoms with Crippen molar-refractivity contribution in [3.05, 3.63) is 11.6 Å². The summed E-state index contributed by atoms with van der Waals surface area (Å²) in [5, 5.41) is 0. The van der Waals surface area contributed by atoms with E-state index in [0.717, 1.165) is 30.8 Å². The Morgan fingerprint density at radius 2 is 2.33 bits per heavy atom. The van der Waals surface area contributed by atoms with Gasteiger partial charge in [-0.3, -0.25) is 4.79 Å². The lowest BCUT2D eigenvalue weighted by molar-refractivity contribution is -0.116. The van der Waals surface area contributed by atoms with Crippen LogP contribution in [0.3, 0.4) is 0 Å². The molecule has 0 saturated heterocycles. The van der Waals surface area contributed by atoms with Crippen LogP contribution < -0.4 is 0 Å². The van der Waals surface area contributed by atoms with E-state index in [-0.39, 0.29) is 0 Å². The zero-order valence-corrected chi connectivity index (χ0v) is 10.4. The molecule has 0 saturated carbocycles. The van der Waals surface area contributed by atoms with Gasteiger partial charge in [-0.2, -0.15) is 0 Å². The van der Waals surface area contributed by atoms with Gasteiger partial charge in [0.1, 0.15) is 0 Å². The molecule has 0 amide bonds. The number of rotatable bonds is 5. The summed E-state index contributed by atoms with van der Waals surface area (Å²) >= 11 is 0. The van der Waals surface area contributed by atoms with Crippen molar-refractivity contribution in [2.45, 2.75) is 59.3 Å². The van der Waals surface area contributed by atoms with Crippen LogP contribution in [-0.2, 0) is 4.79 Å². The summed E-state index contributed by atoms with van der Waals surface area (Å²) in [4.78, 5) is 11.9. The van der Waals surface area contributed by atoms with E-state index in [1.165, 1.54) is 19.3 Å². The molecule has 0 radical (unpaired) electrons. The summed E-state index contributed by atoms with van der Waals surface area (Å²) in [7, 11) is 0. The summed E-state index contributed by atoms with van der Waals surface area (Å²) in [5.41, 5.74) is 1.11. The second-order valence-corrected chi connectivity index (χ2v) is 5.13. The highest BCUT2D eigenvalue weighted by molar-refractivity contribution is 5.95. The van der Waals surface area contributed by atoms with Crippen LogP contribution in [-0.4, -0.2) is 5.78 Å². The van der Waals surface area contributed by atoms with Crippen molar-refractivity contribution in [2.24, 2.45) is 11.8 Å². The number of hydrogen-bond acceptors (Lipinski definition) is 1. The molecule has 0 bridgehead atoms. The summed E-state index contributed by atoms with van der Waals surface area (Å²) in [6.07, 6.45) is 8.60.